The van der Waals surface area contributed by atoms with Gasteiger partial charge in [0.1, 0.15) is 0 Å². The van der Waals surface area contributed by atoms with Gasteiger partial charge in [0.25, 0.3) is 0 Å². The zero-order valence-corrected chi connectivity index (χ0v) is 12.0. The average molecular weight is 253 g/mol. The summed E-state index contributed by atoms with van der Waals surface area (Å²) in [4.78, 5) is 2.47. The van der Waals surface area contributed by atoms with Crippen LogP contribution in [0.4, 0.5) is 0 Å². The topological polar surface area (TPSA) is 3.24 Å². The first-order valence-corrected chi connectivity index (χ1v) is 9.06. The molecule has 1 aliphatic rings. The Kier molecular flexibility index (Phi) is 3.53. The van der Waals surface area contributed by atoms with E-state index in [-0.39, 0.29) is 0 Å². The molecule has 1 aromatic rings. The first kappa shape index (κ1) is 12.3. The Morgan fingerprint density at radius 1 is 1.12 bits per heavy atom. The van der Waals surface area contributed by atoms with E-state index in [4.69, 9.17) is 11.8 Å². The molecule has 2 rings (SSSR count). The van der Waals surface area contributed by atoms with Gasteiger partial charge in [0, 0.05) is 12.1 Å². The molecule has 0 radical (unpaired) electrons. The zero-order valence-electron chi connectivity index (χ0n) is 10.3. The van der Waals surface area contributed by atoms with Crippen molar-refractivity contribution in [1.29, 1.82) is 0 Å². The first-order valence-electron chi connectivity index (χ1n) is 5.88. The Morgan fingerprint density at radius 3 is 2.12 bits per heavy atom. The number of benzene rings is 1. The van der Waals surface area contributed by atoms with Crippen LogP contribution < -0.4 is 5.30 Å². The lowest BCUT2D eigenvalue weighted by molar-refractivity contribution is 0.217. The highest BCUT2D eigenvalue weighted by Crippen LogP contribution is 2.49. The standard InChI is InChI=1S/C13H20NPS/c1-11-9-15(16,10-12(2)14(11)3)13-7-5-4-6-8-13/h4-8,11-12H,9-10H2,1-3H3. The van der Waals surface area contributed by atoms with Crippen molar-refractivity contribution in [1.82, 2.24) is 4.90 Å². The molecule has 1 nitrogen and oxygen atoms in total. The summed E-state index contributed by atoms with van der Waals surface area (Å²) in [6, 6.07) is 10.7. The molecular weight excluding hydrogens is 233 g/mol. The lowest BCUT2D eigenvalue weighted by Crippen LogP contribution is -2.46. The molecule has 0 aliphatic carbocycles. The van der Waals surface area contributed by atoms with Gasteiger partial charge in [-0.25, -0.2) is 0 Å². The number of nitrogens with zero attached hydrogens (tertiary/aromatic N) is 1. The highest BCUT2D eigenvalue weighted by Gasteiger charge is 2.33. The minimum atomic E-state index is -1.32. The van der Waals surface area contributed by atoms with Crippen molar-refractivity contribution in [3.05, 3.63) is 30.3 Å². The molecule has 1 aliphatic heterocycles. The second kappa shape index (κ2) is 4.60. The predicted octanol–water partition coefficient (Wildman–Crippen LogP) is 2.51. The van der Waals surface area contributed by atoms with Gasteiger partial charge < -0.3 is 4.90 Å². The van der Waals surface area contributed by atoms with Gasteiger partial charge in [-0.15, -0.1) is 0 Å². The molecule has 0 spiro atoms. The largest absolute Gasteiger partial charge is 0.300 e. The molecule has 0 saturated carbocycles. The number of rotatable bonds is 1. The number of hydrogen-bond acceptors (Lipinski definition) is 2. The van der Waals surface area contributed by atoms with Crippen LogP contribution >= 0.6 is 6.04 Å². The number of hydrogen-bond donors (Lipinski definition) is 0. The van der Waals surface area contributed by atoms with E-state index in [2.05, 4.69) is 56.1 Å². The van der Waals surface area contributed by atoms with E-state index in [9.17, 15) is 0 Å². The molecule has 0 amide bonds. The van der Waals surface area contributed by atoms with Crippen LogP contribution in [0.2, 0.25) is 0 Å². The molecule has 0 aromatic heterocycles. The van der Waals surface area contributed by atoms with Crippen molar-refractivity contribution in [2.45, 2.75) is 25.9 Å². The summed E-state index contributed by atoms with van der Waals surface area (Å²) in [6.07, 6.45) is 2.38. The van der Waals surface area contributed by atoms with Crippen LogP contribution in [0.25, 0.3) is 0 Å². The lowest BCUT2D eigenvalue weighted by atomic mass is 10.2. The van der Waals surface area contributed by atoms with E-state index in [0.717, 1.165) is 0 Å². The van der Waals surface area contributed by atoms with Crippen molar-refractivity contribution in [3.63, 3.8) is 0 Å². The SMILES string of the molecule is CC1CP(=S)(c2ccccc2)CC(C)N1C. The molecule has 1 saturated heterocycles. The molecule has 0 bridgehead atoms. The van der Waals surface area contributed by atoms with Gasteiger partial charge in [0.15, 0.2) is 0 Å². The normalized spacial score (nSPS) is 36.2. The van der Waals surface area contributed by atoms with Crippen LogP contribution in [-0.2, 0) is 11.8 Å². The van der Waals surface area contributed by atoms with E-state index < -0.39 is 6.04 Å². The summed E-state index contributed by atoms with van der Waals surface area (Å²) in [7, 11) is 2.22. The highest BCUT2D eigenvalue weighted by molar-refractivity contribution is 8.18. The third-order valence-electron chi connectivity index (χ3n) is 3.74. The second-order valence-electron chi connectivity index (χ2n) is 4.95. The molecule has 88 valence electrons. The monoisotopic (exact) mass is 253 g/mol. The molecule has 2 atom stereocenters. The van der Waals surface area contributed by atoms with Gasteiger partial charge in [0.2, 0.25) is 0 Å². The predicted molar refractivity (Wildman–Crippen MR) is 76.8 cm³/mol. The Balaban J connectivity index is 2.31. The minimum Gasteiger partial charge on any atom is -0.300 e. The minimum absolute atomic E-state index is 0.620. The molecule has 1 fully saturated rings. The summed E-state index contributed by atoms with van der Waals surface area (Å²) < 4.78 is 0. The summed E-state index contributed by atoms with van der Waals surface area (Å²) in [5, 5.41) is 1.43. The maximum atomic E-state index is 6.01. The average Bonchev–Trinajstić information content (AvgIpc) is 2.27. The third-order valence-corrected chi connectivity index (χ3v) is 8.74. The maximum absolute atomic E-state index is 6.01. The van der Waals surface area contributed by atoms with Crippen LogP contribution in [0.15, 0.2) is 30.3 Å². The lowest BCUT2D eigenvalue weighted by Gasteiger charge is -2.42. The fourth-order valence-corrected chi connectivity index (χ4v) is 7.70. The summed E-state index contributed by atoms with van der Waals surface area (Å²) in [5.74, 6) is 0. The molecule has 0 N–H and O–H groups in total. The molecule has 2 unspecified atom stereocenters. The third kappa shape index (κ3) is 2.25. The van der Waals surface area contributed by atoms with Crippen LogP contribution in [0.5, 0.6) is 0 Å². The Hall–Kier alpha value is -0.170. The summed E-state index contributed by atoms with van der Waals surface area (Å²) >= 11 is 6.01. The Labute approximate surface area is 104 Å². The quantitative estimate of drug-likeness (QED) is 0.708. The summed E-state index contributed by atoms with van der Waals surface area (Å²) in [6.45, 7) is 4.61. The van der Waals surface area contributed by atoms with Gasteiger partial charge in [-0.2, -0.15) is 0 Å². The van der Waals surface area contributed by atoms with Crippen LogP contribution in [0.1, 0.15) is 13.8 Å². The van der Waals surface area contributed by atoms with Gasteiger partial charge in [-0.1, -0.05) is 42.1 Å². The van der Waals surface area contributed by atoms with E-state index in [0.29, 0.717) is 12.1 Å². The zero-order chi connectivity index (χ0) is 11.8. The van der Waals surface area contributed by atoms with E-state index in [1.807, 2.05) is 0 Å². The molecular formula is C13H20NPS. The smallest absolute Gasteiger partial charge is 0.0116 e. The van der Waals surface area contributed by atoms with Crippen LogP contribution in [0.3, 0.4) is 0 Å². The van der Waals surface area contributed by atoms with Gasteiger partial charge in [-0.3, -0.25) is 0 Å². The van der Waals surface area contributed by atoms with Gasteiger partial charge in [0.05, 0.1) is 0 Å². The van der Waals surface area contributed by atoms with E-state index in [1.165, 1.54) is 17.6 Å². The fraction of sp³-hybridized carbons (Fsp3) is 0.538. The van der Waals surface area contributed by atoms with Crippen LogP contribution in [0, 0.1) is 0 Å². The summed E-state index contributed by atoms with van der Waals surface area (Å²) in [5.41, 5.74) is 0. The van der Waals surface area contributed by atoms with Crippen molar-refractivity contribution < 1.29 is 0 Å². The highest BCUT2D eigenvalue weighted by atomic mass is 32.4. The second-order valence-corrected chi connectivity index (χ2v) is 10.1. The molecule has 3 heteroatoms. The van der Waals surface area contributed by atoms with Crippen molar-refractivity contribution in [2.24, 2.45) is 0 Å². The van der Waals surface area contributed by atoms with E-state index >= 15 is 0 Å². The fourth-order valence-electron chi connectivity index (χ4n) is 2.53. The molecule has 16 heavy (non-hydrogen) atoms. The Morgan fingerprint density at radius 2 is 1.62 bits per heavy atom. The van der Waals surface area contributed by atoms with E-state index in [1.54, 1.807) is 0 Å². The van der Waals surface area contributed by atoms with Crippen molar-refractivity contribution in [3.8, 4) is 0 Å². The molecule has 1 aromatic carbocycles. The first-order chi connectivity index (χ1) is 7.53. The Bertz CT molecular complexity index is 388. The maximum Gasteiger partial charge on any atom is 0.0116 e. The van der Waals surface area contributed by atoms with Gasteiger partial charge >= 0.3 is 0 Å². The van der Waals surface area contributed by atoms with Gasteiger partial charge in [-0.05, 0) is 44.6 Å². The van der Waals surface area contributed by atoms with Crippen molar-refractivity contribution in [2.75, 3.05) is 19.4 Å². The van der Waals surface area contributed by atoms with Crippen molar-refractivity contribution >= 4 is 23.1 Å². The molecule has 1 heterocycles. The van der Waals surface area contributed by atoms with Crippen LogP contribution in [-0.4, -0.2) is 36.4 Å².